The number of hydrogen-bond acceptors (Lipinski definition) is 6. The van der Waals surface area contributed by atoms with E-state index < -0.39 is 0 Å². The second-order valence-corrected chi connectivity index (χ2v) is 10.8. The predicted molar refractivity (Wildman–Crippen MR) is 162 cm³/mol. The number of carbonyl (C=O) groups is 2. The van der Waals surface area contributed by atoms with Crippen molar-refractivity contribution in [1.29, 1.82) is 0 Å². The van der Waals surface area contributed by atoms with Gasteiger partial charge in [-0.1, -0.05) is 59.6 Å². The summed E-state index contributed by atoms with van der Waals surface area (Å²) in [6.07, 6.45) is 2.48. The molecule has 0 unspecified atom stereocenters. The number of likely N-dealkylation sites (tertiary alicyclic amines) is 1. The molecule has 210 valence electrons. The Kier molecular flexibility index (Phi) is 9.14. The van der Waals surface area contributed by atoms with E-state index in [1.165, 1.54) is 5.56 Å². The van der Waals surface area contributed by atoms with Crippen LogP contribution in [-0.2, 0) is 13.1 Å². The minimum absolute atomic E-state index is 0.0594. The van der Waals surface area contributed by atoms with Crippen molar-refractivity contribution < 1.29 is 9.59 Å². The summed E-state index contributed by atoms with van der Waals surface area (Å²) in [5.41, 5.74) is 4.04. The molecule has 1 fully saturated rings. The Balaban J connectivity index is 1.25. The van der Waals surface area contributed by atoms with Gasteiger partial charge in [0.1, 0.15) is 0 Å². The van der Waals surface area contributed by atoms with Crippen LogP contribution in [0.2, 0.25) is 10.0 Å². The first kappa shape index (κ1) is 28.5. The average Bonchev–Trinajstić information content (AvgIpc) is 3.44. The molecule has 1 aliphatic rings. The molecule has 5 rings (SSSR count). The summed E-state index contributed by atoms with van der Waals surface area (Å²) in [5.74, 6) is -0.150. The lowest BCUT2D eigenvalue weighted by atomic mass is 10.1. The Bertz CT molecular complexity index is 1530. The van der Waals surface area contributed by atoms with Gasteiger partial charge in [-0.05, 0) is 53.9 Å². The fourth-order valence-corrected chi connectivity index (χ4v) is 5.00. The van der Waals surface area contributed by atoms with Crippen molar-refractivity contribution >= 4 is 40.8 Å². The minimum atomic E-state index is -0.365. The molecule has 1 aromatic heterocycles. The summed E-state index contributed by atoms with van der Waals surface area (Å²) in [4.78, 5) is 37.2. The highest BCUT2D eigenvalue weighted by atomic mass is 35.5. The maximum atomic E-state index is 13.1. The van der Waals surface area contributed by atoms with Crippen molar-refractivity contribution in [3.05, 3.63) is 111 Å². The van der Waals surface area contributed by atoms with E-state index in [1.807, 2.05) is 42.5 Å². The van der Waals surface area contributed by atoms with Crippen molar-refractivity contribution in [2.45, 2.75) is 25.6 Å². The first-order valence-corrected chi connectivity index (χ1v) is 14.1. The van der Waals surface area contributed by atoms with E-state index in [-0.39, 0.29) is 23.6 Å². The molecule has 3 aromatic carbocycles. The number of halogens is 2. The molecule has 2 amide bonds. The van der Waals surface area contributed by atoms with Crippen LogP contribution in [0.4, 0.5) is 5.82 Å². The smallest absolute Gasteiger partial charge is 0.273 e. The zero-order valence-electron chi connectivity index (χ0n) is 22.5. The molecule has 8 nitrogen and oxygen atoms in total. The van der Waals surface area contributed by atoms with Gasteiger partial charge < -0.3 is 16.0 Å². The largest absolute Gasteiger partial charge is 0.364 e. The van der Waals surface area contributed by atoms with Crippen LogP contribution in [0, 0.1) is 0 Å². The molecule has 1 saturated heterocycles. The lowest BCUT2D eigenvalue weighted by Crippen LogP contribution is -2.37. The second kappa shape index (κ2) is 13.1. The molecule has 41 heavy (non-hydrogen) atoms. The first-order valence-electron chi connectivity index (χ1n) is 13.3. The molecule has 0 spiro atoms. The van der Waals surface area contributed by atoms with Crippen molar-refractivity contribution in [2.24, 2.45) is 0 Å². The van der Waals surface area contributed by atoms with Crippen LogP contribution in [0.3, 0.4) is 0 Å². The quantitative estimate of drug-likeness (QED) is 0.241. The molecule has 2 heterocycles. The number of amides is 2. The molecule has 10 heteroatoms. The lowest BCUT2D eigenvalue weighted by molar-refractivity contribution is 0.0934. The Hall–Kier alpha value is -3.98. The van der Waals surface area contributed by atoms with Gasteiger partial charge in [0.15, 0.2) is 11.5 Å². The number of nitrogens with one attached hydrogen (secondary N) is 3. The van der Waals surface area contributed by atoms with Crippen LogP contribution in [0.25, 0.3) is 11.3 Å². The van der Waals surface area contributed by atoms with Crippen molar-refractivity contribution in [3.63, 3.8) is 0 Å². The van der Waals surface area contributed by atoms with Crippen LogP contribution in [0.15, 0.2) is 79.0 Å². The summed E-state index contributed by atoms with van der Waals surface area (Å²) >= 11 is 12.0. The van der Waals surface area contributed by atoms with Crippen molar-refractivity contribution in [2.75, 3.05) is 25.5 Å². The molecule has 1 atom stereocenters. The fraction of sp³-hybridized carbons (Fsp3) is 0.226. The topological polar surface area (TPSA) is 99.2 Å². The molecule has 1 aliphatic heterocycles. The van der Waals surface area contributed by atoms with Gasteiger partial charge in [-0.3, -0.25) is 14.5 Å². The van der Waals surface area contributed by atoms with Gasteiger partial charge in [-0.15, -0.1) is 0 Å². The van der Waals surface area contributed by atoms with Gasteiger partial charge in [0.2, 0.25) is 0 Å². The Morgan fingerprint density at radius 3 is 2.37 bits per heavy atom. The number of anilines is 1. The highest BCUT2D eigenvalue weighted by Crippen LogP contribution is 2.22. The van der Waals surface area contributed by atoms with E-state index in [1.54, 1.807) is 43.6 Å². The summed E-state index contributed by atoms with van der Waals surface area (Å²) in [5, 5.41) is 10.3. The molecular weight excluding hydrogens is 559 g/mol. The fourth-order valence-electron chi connectivity index (χ4n) is 4.75. The van der Waals surface area contributed by atoms with Gasteiger partial charge >= 0.3 is 0 Å². The van der Waals surface area contributed by atoms with Gasteiger partial charge in [0.25, 0.3) is 11.8 Å². The zero-order chi connectivity index (χ0) is 28.8. The van der Waals surface area contributed by atoms with Crippen molar-refractivity contribution in [1.82, 2.24) is 25.5 Å². The van der Waals surface area contributed by atoms with Crippen LogP contribution >= 0.6 is 23.2 Å². The molecule has 0 radical (unpaired) electrons. The Morgan fingerprint density at radius 1 is 0.951 bits per heavy atom. The van der Waals surface area contributed by atoms with Gasteiger partial charge in [-0.25, -0.2) is 9.97 Å². The van der Waals surface area contributed by atoms with E-state index in [4.69, 9.17) is 23.2 Å². The third kappa shape index (κ3) is 7.41. The van der Waals surface area contributed by atoms with E-state index in [2.05, 4.69) is 30.8 Å². The summed E-state index contributed by atoms with van der Waals surface area (Å²) in [6, 6.07) is 22.5. The maximum Gasteiger partial charge on any atom is 0.273 e. The normalized spacial score (nSPS) is 15.0. The summed E-state index contributed by atoms with van der Waals surface area (Å²) in [7, 11) is 1.55. The average molecular weight is 590 g/mol. The van der Waals surface area contributed by atoms with Crippen LogP contribution in [0.5, 0.6) is 0 Å². The number of rotatable bonds is 9. The highest BCUT2D eigenvalue weighted by Gasteiger charge is 2.24. The van der Waals surface area contributed by atoms with Gasteiger partial charge in [-0.2, -0.15) is 0 Å². The number of nitrogens with zero attached hydrogens (tertiary/aromatic N) is 3. The van der Waals surface area contributed by atoms with E-state index in [0.717, 1.165) is 36.6 Å². The number of aromatic nitrogens is 2. The highest BCUT2D eigenvalue weighted by molar-refractivity contribution is 6.30. The molecule has 0 saturated carbocycles. The summed E-state index contributed by atoms with van der Waals surface area (Å²) < 4.78 is 0. The zero-order valence-corrected chi connectivity index (χ0v) is 24.0. The number of benzene rings is 3. The SMILES string of the molecule is CNC(=O)c1nc(-c2cccc(C(=O)N[C@@H]3CCN(Cc4ccc(Cl)cc4)C3)c2)cnc1NCc1ccc(Cl)cc1. The second-order valence-electron chi connectivity index (χ2n) is 9.91. The monoisotopic (exact) mass is 588 g/mol. The van der Waals surface area contributed by atoms with Crippen LogP contribution < -0.4 is 16.0 Å². The number of hydrogen-bond donors (Lipinski definition) is 3. The van der Waals surface area contributed by atoms with Crippen molar-refractivity contribution in [3.8, 4) is 11.3 Å². The maximum absolute atomic E-state index is 13.1. The van der Waals surface area contributed by atoms with E-state index in [9.17, 15) is 9.59 Å². The minimum Gasteiger partial charge on any atom is -0.364 e. The van der Waals surface area contributed by atoms with Gasteiger partial charge in [0, 0.05) is 60.4 Å². The lowest BCUT2D eigenvalue weighted by Gasteiger charge is -2.17. The first-order chi connectivity index (χ1) is 19.9. The summed E-state index contributed by atoms with van der Waals surface area (Å²) in [6.45, 7) is 2.95. The third-order valence-electron chi connectivity index (χ3n) is 6.94. The standard InChI is InChI=1S/C31H30Cl2N6O2/c1-34-31(41)28-29(35-16-20-5-9-24(32)10-6-20)36-17-27(38-28)22-3-2-4-23(15-22)30(40)37-26-13-14-39(19-26)18-21-7-11-25(33)12-8-21/h2-12,15,17,26H,13-14,16,18-19H2,1H3,(H,34,41)(H,35,36)(H,37,40)/t26-/m1/s1. The molecular formula is C31H30Cl2N6O2. The Morgan fingerprint density at radius 2 is 1.66 bits per heavy atom. The van der Waals surface area contributed by atoms with Crippen LogP contribution in [0.1, 0.15) is 38.4 Å². The number of carbonyl (C=O) groups excluding carboxylic acids is 2. The molecule has 0 bridgehead atoms. The van der Waals surface area contributed by atoms with E-state index >= 15 is 0 Å². The molecule has 3 N–H and O–H groups in total. The van der Waals surface area contributed by atoms with Crippen LogP contribution in [-0.4, -0.2) is 52.9 Å². The van der Waals surface area contributed by atoms with Gasteiger partial charge in [0.05, 0.1) is 11.9 Å². The molecule has 0 aliphatic carbocycles. The third-order valence-corrected chi connectivity index (χ3v) is 7.44. The molecule has 4 aromatic rings. The van der Waals surface area contributed by atoms with E-state index in [0.29, 0.717) is 34.2 Å². The predicted octanol–water partition coefficient (Wildman–Crippen LogP) is 5.43. The Labute approximate surface area is 249 Å².